The van der Waals surface area contributed by atoms with Gasteiger partial charge in [-0.25, -0.2) is 4.39 Å². The van der Waals surface area contributed by atoms with Crippen LogP contribution in [0.3, 0.4) is 0 Å². The smallest absolute Gasteiger partial charge is 0.261 e. The SMILES string of the molecule is Cn1nc(C2=CCC(c3cccc(Cl)c3)C2)c(C(=O)Nc2ccc(F)c(Cl)c2)c1N. The first-order chi connectivity index (χ1) is 14.3. The molecule has 3 aromatic rings. The first-order valence-electron chi connectivity index (χ1n) is 9.37. The molecule has 5 nitrogen and oxygen atoms in total. The molecule has 0 aliphatic heterocycles. The Morgan fingerprint density at radius 3 is 2.80 bits per heavy atom. The van der Waals surface area contributed by atoms with Gasteiger partial charge >= 0.3 is 0 Å². The molecule has 0 bridgehead atoms. The van der Waals surface area contributed by atoms with Gasteiger partial charge in [0.25, 0.3) is 5.91 Å². The summed E-state index contributed by atoms with van der Waals surface area (Å²) in [4.78, 5) is 13.0. The Bertz CT molecular complexity index is 1170. The monoisotopic (exact) mass is 444 g/mol. The lowest BCUT2D eigenvalue weighted by atomic mass is 9.94. The Morgan fingerprint density at radius 1 is 1.27 bits per heavy atom. The minimum absolute atomic E-state index is 0.0740. The van der Waals surface area contributed by atoms with Crippen molar-refractivity contribution in [3.63, 3.8) is 0 Å². The number of nitrogens with one attached hydrogen (secondary N) is 1. The summed E-state index contributed by atoms with van der Waals surface area (Å²) in [6, 6.07) is 11.8. The van der Waals surface area contributed by atoms with E-state index in [1.165, 1.54) is 22.9 Å². The van der Waals surface area contributed by atoms with Gasteiger partial charge in [-0.05, 0) is 60.2 Å². The average molecular weight is 445 g/mol. The molecule has 1 atom stereocenters. The number of halogens is 3. The van der Waals surface area contributed by atoms with Gasteiger partial charge in [-0.3, -0.25) is 9.48 Å². The molecule has 2 aromatic carbocycles. The van der Waals surface area contributed by atoms with Crippen molar-refractivity contribution in [2.24, 2.45) is 7.05 Å². The third-order valence-electron chi connectivity index (χ3n) is 5.24. The topological polar surface area (TPSA) is 72.9 Å². The fraction of sp³-hybridized carbons (Fsp3) is 0.182. The van der Waals surface area contributed by atoms with Gasteiger partial charge < -0.3 is 11.1 Å². The summed E-state index contributed by atoms with van der Waals surface area (Å²) in [6.07, 6.45) is 3.62. The van der Waals surface area contributed by atoms with E-state index < -0.39 is 11.7 Å². The molecule has 1 unspecified atom stereocenters. The van der Waals surface area contributed by atoms with Crippen LogP contribution in [0.4, 0.5) is 15.9 Å². The molecule has 30 heavy (non-hydrogen) atoms. The number of carbonyl (C=O) groups is 1. The number of nitrogens with zero attached hydrogens (tertiary/aromatic N) is 2. The highest BCUT2D eigenvalue weighted by Crippen LogP contribution is 2.40. The molecule has 0 radical (unpaired) electrons. The van der Waals surface area contributed by atoms with Gasteiger partial charge in [-0.2, -0.15) is 5.10 Å². The van der Waals surface area contributed by atoms with E-state index in [-0.39, 0.29) is 22.3 Å². The maximum atomic E-state index is 13.4. The van der Waals surface area contributed by atoms with E-state index in [4.69, 9.17) is 28.9 Å². The van der Waals surface area contributed by atoms with Gasteiger partial charge in [0.05, 0.1) is 5.02 Å². The van der Waals surface area contributed by atoms with Crippen LogP contribution in [0.2, 0.25) is 10.0 Å². The molecule has 3 N–H and O–H groups in total. The first-order valence-corrected chi connectivity index (χ1v) is 10.1. The number of rotatable bonds is 4. The highest BCUT2D eigenvalue weighted by Gasteiger charge is 2.28. The zero-order valence-electron chi connectivity index (χ0n) is 16.1. The molecule has 154 valence electrons. The van der Waals surface area contributed by atoms with Gasteiger partial charge in [0.15, 0.2) is 0 Å². The summed E-state index contributed by atoms with van der Waals surface area (Å²) in [6.45, 7) is 0. The van der Waals surface area contributed by atoms with Crippen molar-refractivity contribution in [2.75, 3.05) is 11.1 Å². The van der Waals surface area contributed by atoms with Crippen LogP contribution in [-0.2, 0) is 7.05 Å². The van der Waals surface area contributed by atoms with Crippen LogP contribution in [0.25, 0.3) is 5.57 Å². The fourth-order valence-corrected chi connectivity index (χ4v) is 4.06. The van der Waals surface area contributed by atoms with E-state index in [9.17, 15) is 9.18 Å². The van der Waals surface area contributed by atoms with Crippen molar-refractivity contribution in [1.29, 1.82) is 0 Å². The zero-order valence-corrected chi connectivity index (χ0v) is 17.6. The zero-order chi connectivity index (χ0) is 21.4. The molecular formula is C22H19Cl2FN4O. The second kappa shape index (κ2) is 8.13. The van der Waals surface area contributed by atoms with Crippen LogP contribution >= 0.6 is 23.2 Å². The van der Waals surface area contributed by atoms with Crippen molar-refractivity contribution in [1.82, 2.24) is 9.78 Å². The standard InChI is InChI=1S/C22H19Cl2FN4O/c1-29-21(26)19(22(30)27-16-7-8-18(25)17(24)11-16)20(28-29)14-6-5-13(9-14)12-3-2-4-15(23)10-12/h2-4,6-8,10-11,13H,5,9,26H2,1H3,(H,27,30). The lowest BCUT2D eigenvalue weighted by Gasteiger charge is -2.11. The molecule has 0 saturated carbocycles. The molecule has 0 fully saturated rings. The Balaban J connectivity index is 1.60. The van der Waals surface area contributed by atoms with Gasteiger partial charge in [0.1, 0.15) is 22.9 Å². The number of amides is 1. The molecule has 0 spiro atoms. The number of aromatic nitrogens is 2. The van der Waals surface area contributed by atoms with E-state index in [2.05, 4.69) is 16.5 Å². The number of aryl methyl sites for hydroxylation is 1. The second-order valence-electron chi connectivity index (χ2n) is 7.24. The third-order valence-corrected chi connectivity index (χ3v) is 5.76. The van der Waals surface area contributed by atoms with Crippen LogP contribution in [0.15, 0.2) is 48.5 Å². The molecule has 1 aliphatic carbocycles. The van der Waals surface area contributed by atoms with Crippen molar-refractivity contribution in [3.8, 4) is 0 Å². The molecule has 0 saturated heterocycles. The quantitative estimate of drug-likeness (QED) is 0.544. The van der Waals surface area contributed by atoms with Gasteiger partial charge in [0, 0.05) is 17.8 Å². The van der Waals surface area contributed by atoms with Crippen LogP contribution in [0.1, 0.15) is 40.4 Å². The number of allylic oxidation sites excluding steroid dienone is 2. The van der Waals surface area contributed by atoms with E-state index >= 15 is 0 Å². The number of carbonyl (C=O) groups excluding carboxylic acids is 1. The summed E-state index contributed by atoms with van der Waals surface area (Å²) >= 11 is 11.9. The van der Waals surface area contributed by atoms with E-state index in [1.54, 1.807) is 7.05 Å². The summed E-state index contributed by atoms with van der Waals surface area (Å²) in [5, 5.41) is 7.83. The Labute approximate surface area is 183 Å². The molecule has 1 aromatic heterocycles. The van der Waals surface area contributed by atoms with Crippen molar-refractivity contribution < 1.29 is 9.18 Å². The van der Waals surface area contributed by atoms with Crippen molar-refractivity contribution in [3.05, 3.63) is 81.2 Å². The average Bonchev–Trinajstić information content (AvgIpc) is 3.30. The Kier molecular flexibility index (Phi) is 5.54. The predicted octanol–water partition coefficient (Wildman–Crippen LogP) is 5.66. The minimum Gasteiger partial charge on any atom is -0.383 e. The molecular weight excluding hydrogens is 426 g/mol. The second-order valence-corrected chi connectivity index (χ2v) is 8.08. The van der Waals surface area contributed by atoms with Gasteiger partial charge in [0.2, 0.25) is 0 Å². The van der Waals surface area contributed by atoms with Crippen LogP contribution in [0.5, 0.6) is 0 Å². The lowest BCUT2D eigenvalue weighted by molar-refractivity contribution is 0.102. The van der Waals surface area contributed by atoms with Crippen LogP contribution in [-0.4, -0.2) is 15.7 Å². The summed E-state index contributed by atoms with van der Waals surface area (Å²) in [7, 11) is 1.69. The van der Waals surface area contributed by atoms with Crippen LogP contribution < -0.4 is 11.1 Å². The highest BCUT2D eigenvalue weighted by atomic mass is 35.5. The third kappa shape index (κ3) is 3.93. The molecule has 1 amide bonds. The summed E-state index contributed by atoms with van der Waals surface area (Å²) in [5.41, 5.74) is 9.46. The number of hydrogen-bond donors (Lipinski definition) is 2. The minimum atomic E-state index is -0.556. The van der Waals surface area contributed by atoms with Gasteiger partial charge in [-0.15, -0.1) is 0 Å². The summed E-state index contributed by atoms with van der Waals surface area (Å²) < 4.78 is 14.9. The number of hydrogen-bond acceptors (Lipinski definition) is 3. The Morgan fingerprint density at radius 2 is 2.07 bits per heavy atom. The van der Waals surface area contributed by atoms with Crippen molar-refractivity contribution in [2.45, 2.75) is 18.8 Å². The maximum absolute atomic E-state index is 13.4. The highest BCUT2D eigenvalue weighted by molar-refractivity contribution is 6.31. The van der Waals surface area contributed by atoms with Crippen molar-refractivity contribution >= 4 is 46.2 Å². The molecule has 4 rings (SSSR count). The maximum Gasteiger partial charge on any atom is 0.261 e. The van der Waals surface area contributed by atoms with Gasteiger partial charge in [-0.1, -0.05) is 41.4 Å². The first kappa shape index (κ1) is 20.4. The largest absolute Gasteiger partial charge is 0.383 e. The van der Waals surface area contributed by atoms with E-state index in [0.29, 0.717) is 16.4 Å². The lowest BCUT2D eigenvalue weighted by Crippen LogP contribution is -2.15. The molecule has 1 heterocycles. The van der Waals surface area contributed by atoms with E-state index in [1.807, 2.05) is 24.3 Å². The Hall–Kier alpha value is -2.83. The molecule has 1 aliphatic rings. The van der Waals surface area contributed by atoms with E-state index in [0.717, 1.165) is 24.0 Å². The predicted molar refractivity (Wildman–Crippen MR) is 118 cm³/mol. The fourth-order valence-electron chi connectivity index (χ4n) is 3.68. The number of anilines is 2. The van der Waals surface area contributed by atoms with Crippen LogP contribution in [0, 0.1) is 5.82 Å². The number of benzene rings is 2. The normalized spacial score (nSPS) is 15.9. The molecule has 8 heteroatoms. The number of nitrogen functional groups attached to an aromatic ring is 1. The number of nitrogens with two attached hydrogens (primary N) is 1. The summed E-state index contributed by atoms with van der Waals surface area (Å²) in [5.74, 6) is -0.471.